The number of nitrogens with one attached hydrogen (secondary N) is 1. The first-order valence-electron chi connectivity index (χ1n) is 7.97. The lowest BCUT2D eigenvalue weighted by Crippen LogP contribution is -2.32. The van der Waals surface area contributed by atoms with E-state index in [0.29, 0.717) is 12.1 Å². The Morgan fingerprint density at radius 1 is 0.857 bits per heavy atom. The predicted octanol–water partition coefficient (Wildman–Crippen LogP) is 4.18. The van der Waals surface area contributed by atoms with E-state index < -0.39 is 0 Å². The minimum absolute atomic E-state index is 0.408. The maximum Gasteiger partial charge on any atom is 0.124 e. The summed E-state index contributed by atoms with van der Waals surface area (Å²) in [5.41, 5.74) is 4.32. The molecule has 108 valence electrons. The minimum atomic E-state index is 0.408. The second kappa shape index (κ2) is 5.53. The largest absolute Gasteiger partial charge is 0.493 e. The molecule has 1 N–H and O–H groups in total. The summed E-state index contributed by atoms with van der Waals surface area (Å²) >= 11 is 0. The third-order valence-electron chi connectivity index (χ3n) is 4.73. The Balaban J connectivity index is 1.61. The molecule has 0 saturated heterocycles. The molecule has 2 aromatic rings. The molecular formula is C19H21NO. The summed E-state index contributed by atoms with van der Waals surface area (Å²) in [6.45, 7) is 0.809. The van der Waals surface area contributed by atoms with Crippen LogP contribution in [-0.2, 0) is 6.42 Å². The van der Waals surface area contributed by atoms with E-state index in [1.165, 1.54) is 36.0 Å². The highest BCUT2D eigenvalue weighted by atomic mass is 16.5. The fourth-order valence-corrected chi connectivity index (χ4v) is 3.69. The molecule has 0 bridgehead atoms. The molecule has 1 aliphatic carbocycles. The van der Waals surface area contributed by atoms with Crippen LogP contribution in [0.15, 0.2) is 48.5 Å². The number of para-hydroxylation sites is 1. The zero-order valence-corrected chi connectivity index (χ0v) is 12.2. The summed E-state index contributed by atoms with van der Waals surface area (Å²) in [5.74, 6) is 1.05. The number of hydrogen-bond acceptors (Lipinski definition) is 2. The Bertz CT molecular complexity index is 581. The van der Waals surface area contributed by atoms with Gasteiger partial charge in [0.15, 0.2) is 0 Å². The van der Waals surface area contributed by atoms with E-state index in [-0.39, 0.29) is 0 Å². The highest BCUT2D eigenvalue weighted by molar-refractivity contribution is 5.38. The minimum Gasteiger partial charge on any atom is -0.493 e. The molecule has 0 saturated carbocycles. The molecule has 21 heavy (non-hydrogen) atoms. The molecule has 1 aliphatic heterocycles. The van der Waals surface area contributed by atoms with Crippen LogP contribution in [-0.4, -0.2) is 6.61 Å². The Morgan fingerprint density at radius 2 is 1.62 bits per heavy atom. The van der Waals surface area contributed by atoms with E-state index in [9.17, 15) is 0 Å². The Morgan fingerprint density at radius 3 is 2.57 bits per heavy atom. The van der Waals surface area contributed by atoms with Crippen molar-refractivity contribution < 1.29 is 4.74 Å². The first kappa shape index (κ1) is 12.9. The summed E-state index contributed by atoms with van der Waals surface area (Å²) in [7, 11) is 0. The van der Waals surface area contributed by atoms with Crippen molar-refractivity contribution in [2.75, 3.05) is 6.61 Å². The normalized spacial score (nSPS) is 23.8. The lowest BCUT2D eigenvalue weighted by molar-refractivity contribution is 0.240. The van der Waals surface area contributed by atoms with E-state index in [4.69, 9.17) is 4.74 Å². The van der Waals surface area contributed by atoms with Crippen molar-refractivity contribution in [1.29, 1.82) is 0 Å². The molecule has 2 aliphatic rings. The van der Waals surface area contributed by atoms with Crippen molar-refractivity contribution in [1.82, 2.24) is 5.32 Å². The van der Waals surface area contributed by atoms with Crippen LogP contribution in [0, 0.1) is 0 Å². The van der Waals surface area contributed by atoms with Crippen LogP contribution < -0.4 is 10.1 Å². The van der Waals surface area contributed by atoms with E-state index >= 15 is 0 Å². The average molecular weight is 279 g/mol. The van der Waals surface area contributed by atoms with Gasteiger partial charge in [-0.3, -0.25) is 0 Å². The van der Waals surface area contributed by atoms with Gasteiger partial charge in [-0.05, 0) is 36.5 Å². The fourth-order valence-electron chi connectivity index (χ4n) is 3.69. The molecule has 4 rings (SSSR count). The molecule has 2 atom stereocenters. The van der Waals surface area contributed by atoms with E-state index in [0.717, 1.165) is 18.8 Å². The van der Waals surface area contributed by atoms with Crippen LogP contribution in [0.5, 0.6) is 5.75 Å². The van der Waals surface area contributed by atoms with Gasteiger partial charge in [-0.15, -0.1) is 0 Å². The molecule has 0 radical (unpaired) electrons. The van der Waals surface area contributed by atoms with Gasteiger partial charge < -0.3 is 10.1 Å². The van der Waals surface area contributed by atoms with E-state index in [1.807, 2.05) is 0 Å². The van der Waals surface area contributed by atoms with Gasteiger partial charge in [0.2, 0.25) is 0 Å². The summed E-state index contributed by atoms with van der Waals surface area (Å²) < 4.78 is 5.77. The summed E-state index contributed by atoms with van der Waals surface area (Å²) in [5, 5.41) is 3.89. The fraction of sp³-hybridized carbons (Fsp3) is 0.368. The molecule has 0 fully saturated rings. The Kier molecular flexibility index (Phi) is 3.40. The monoisotopic (exact) mass is 279 g/mol. The Labute approximate surface area is 126 Å². The van der Waals surface area contributed by atoms with Gasteiger partial charge in [0.25, 0.3) is 0 Å². The van der Waals surface area contributed by atoms with Gasteiger partial charge in [-0.1, -0.05) is 42.5 Å². The van der Waals surface area contributed by atoms with Gasteiger partial charge in [0, 0.05) is 24.1 Å². The SMILES string of the molecule is c1ccc2c(c1)CCCC2NC1CCOc2ccccc21. The molecule has 2 aromatic carbocycles. The van der Waals surface area contributed by atoms with Gasteiger partial charge in [0.1, 0.15) is 5.75 Å². The molecular weight excluding hydrogens is 258 g/mol. The number of ether oxygens (including phenoxy) is 1. The van der Waals surface area contributed by atoms with Crippen LogP contribution in [0.25, 0.3) is 0 Å². The number of hydrogen-bond donors (Lipinski definition) is 1. The summed E-state index contributed by atoms with van der Waals surface area (Å²) in [4.78, 5) is 0. The van der Waals surface area contributed by atoms with Gasteiger partial charge in [-0.2, -0.15) is 0 Å². The smallest absolute Gasteiger partial charge is 0.124 e. The molecule has 2 unspecified atom stereocenters. The van der Waals surface area contributed by atoms with Crippen molar-refractivity contribution in [2.24, 2.45) is 0 Å². The summed E-state index contributed by atoms with van der Waals surface area (Å²) in [6, 6.07) is 18.2. The maximum absolute atomic E-state index is 5.77. The molecule has 0 aromatic heterocycles. The van der Waals surface area contributed by atoms with Gasteiger partial charge >= 0.3 is 0 Å². The summed E-state index contributed by atoms with van der Waals surface area (Å²) in [6.07, 6.45) is 4.78. The van der Waals surface area contributed by atoms with Crippen LogP contribution in [0.4, 0.5) is 0 Å². The quantitative estimate of drug-likeness (QED) is 0.890. The number of fused-ring (bicyclic) bond motifs is 2. The van der Waals surface area contributed by atoms with Crippen molar-refractivity contribution in [2.45, 2.75) is 37.8 Å². The van der Waals surface area contributed by atoms with Gasteiger partial charge in [0.05, 0.1) is 6.61 Å². The van der Waals surface area contributed by atoms with Crippen LogP contribution in [0.1, 0.15) is 48.0 Å². The second-order valence-corrected chi connectivity index (χ2v) is 6.04. The maximum atomic E-state index is 5.77. The standard InChI is InChI=1S/C19H21NO/c1-2-8-15-14(6-1)7-5-10-17(15)20-18-12-13-21-19-11-4-3-9-16(18)19/h1-4,6,8-9,11,17-18,20H,5,7,10,12-13H2. The molecule has 2 nitrogen and oxygen atoms in total. The number of aryl methyl sites for hydroxylation is 1. The molecule has 2 heteroatoms. The van der Waals surface area contributed by atoms with Crippen molar-refractivity contribution in [3.05, 3.63) is 65.2 Å². The lowest BCUT2D eigenvalue weighted by Gasteiger charge is -2.33. The highest BCUT2D eigenvalue weighted by Gasteiger charge is 2.26. The van der Waals surface area contributed by atoms with E-state index in [1.54, 1.807) is 0 Å². The Hall–Kier alpha value is -1.80. The first-order chi connectivity index (χ1) is 10.4. The average Bonchev–Trinajstić information content (AvgIpc) is 2.56. The van der Waals surface area contributed by atoms with Crippen LogP contribution in [0.2, 0.25) is 0 Å². The van der Waals surface area contributed by atoms with Crippen molar-refractivity contribution in [3.8, 4) is 5.75 Å². The second-order valence-electron chi connectivity index (χ2n) is 6.04. The zero-order valence-electron chi connectivity index (χ0n) is 12.2. The predicted molar refractivity (Wildman–Crippen MR) is 84.6 cm³/mol. The topological polar surface area (TPSA) is 21.3 Å². The third-order valence-corrected chi connectivity index (χ3v) is 4.73. The number of rotatable bonds is 2. The first-order valence-corrected chi connectivity index (χ1v) is 7.97. The van der Waals surface area contributed by atoms with Crippen molar-refractivity contribution in [3.63, 3.8) is 0 Å². The van der Waals surface area contributed by atoms with Gasteiger partial charge in [-0.25, -0.2) is 0 Å². The van der Waals surface area contributed by atoms with Crippen LogP contribution >= 0.6 is 0 Å². The molecule has 1 heterocycles. The zero-order chi connectivity index (χ0) is 14.1. The molecule has 0 amide bonds. The number of benzene rings is 2. The van der Waals surface area contributed by atoms with E-state index in [2.05, 4.69) is 53.8 Å². The third kappa shape index (κ3) is 2.44. The highest BCUT2D eigenvalue weighted by Crippen LogP contribution is 2.36. The lowest BCUT2D eigenvalue weighted by atomic mass is 9.86. The molecule has 0 spiro atoms. The van der Waals surface area contributed by atoms with Crippen molar-refractivity contribution >= 4 is 0 Å². The van der Waals surface area contributed by atoms with Crippen LogP contribution in [0.3, 0.4) is 0 Å².